The van der Waals surface area contributed by atoms with Crippen LogP contribution >= 0.6 is 0 Å². The van der Waals surface area contributed by atoms with Crippen LogP contribution in [-0.4, -0.2) is 51.7 Å². The molecule has 0 spiro atoms. The van der Waals surface area contributed by atoms with Gasteiger partial charge in [0.1, 0.15) is 6.54 Å². The SMILES string of the molecule is CCN(CC)CCNC(=O)Cn1nc([N+](=O)[O-])cc1C. The minimum Gasteiger partial charge on any atom is -0.358 e. The monoisotopic (exact) mass is 283 g/mol. The smallest absolute Gasteiger partial charge is 0.358 e. The molecule has 1 aromatic rings. The Kier molecular flexibility index (Phi) is 6.10. The zero-order chi connectivity index (χ0) is 15.1. The van der Waals surface area contributed by atoms with Crippen molar-refractivity contribution in [3.8, 4) is 0 Å². The molecule has 0 saturated heterocycles. The van der Waals surface area contributed by atoms with Crippen molar-refractivity contribution in [1.29, 1.82) is 0 Å². The number of rotatable bonds is 8. The number of nitrogens with one attached hydrogen (secondary N) is 1. The molecule has 1 rings (SSSR count). The van der Waals surface area contributed by atoms with E-state index >= 15 is 0 Å². The molecule has 0 aromatic carbocycles. The molecule has 20 heavy (non-hydrogen) atoms. The van der Waals surface area contributed by atoms with Gasteiger partial charge in [0.2, 0.25) is 5.91 Å². The second-order valence-electron chi connectivity index (χ2n) is 4.44. The summed E-state index contributed by atoms with van der Waals surface area (Å²) < 4.78 is 1.34. The molecule has 0 aliphatic carbocycles. The number of amides is 1. The number of nitro groups is 1. The first-order valence-electron chi connectivity index (χ1n) is 6.65. The van der Waals surface area contributed by atoms with E-state index in [2.05, 4.69) is 29.2 Å². The highest BCUT2D eigenvalue weighted by atomic mass is 16.6. The molecule has 0 aliphatic heterocycles. The van der Waals surface area contributed by atoms with Crippen LogP contribution in [0.5, 0.6) is 0 Å². The normalized spacial score (nSPS) is 10.8. The molecule has 0 unspecified atom stereocenters. The van der Waals surface area contributed by atoms with Crippen molar-refractivity contribution in [3.63, 3.8) is 0 Å². The molecule has 8 heteroatoms. The minimum absolute atomic E-state index is 0.00206. The van der Waals surface area contributed by atoms with Gasteiger partial charge < -0.3 is 20.3 Å². The molecule has 1 N–H and O–H groups in total. The summed E-state index contributed by atoms with van der Waals surface area (Å²) in [5.74, 6) is -0.434. The number of hydrogen-bond acceptors (Lipinski definition) is 5. The van der Waals surface area contributed by atoms with Gasteiger partial charge in [-0.1, -0.05) is 13.8 Å². The van der Waals surface area contributed by atoms with Crippen LogP contribution in [-0.2, 0) is 11.3 Å². The second kappa shape index (κ2) is 7.59. The van der Waals surface area contributed by atoms with Gasteiger partial charge in [-0.3, -0.25) is 4.79 Å². The molecule has 0 saturated carbocycles. The third kappa shape index (κ3) is 4.61. The molecule has 1 aromatic heterocycles. The summed E-state index contributed by atoms with van der Waals surface area (Å²) in [6.45, 7) is 9.05. The first kappa shape index (κ1) is 16.1. The Hall–Kier alpha value is -1.96. The van der Waals surface area contributed by atoms with E-state index in [9.17, 15) is 14.9 Å². The maximum Gasteiger partial charge on any atom is 0.390 e. The lowest BCUT2D eigenvalue weighted by Crippen LogP contribution is -2.36. The summed E-state index contributed by atoms with van der Waals surface area (Å²) in [4.78, 5) is 24.0. The molecule has 8 nitrogen and oxygen atoms in total. The number of hydrogen-bond donors (Lipinski definition) is 1. The van der Waals surface area contributed by atoms with E-state index in [0.29, 0.717) is 12.2 Å². The van der Waals surface area contributed by atoms with E-state index in [4.69, 9.17) is 0 Å². The Labute approximate surface area is 117 Å². The molecular weight excluding hydrogens is 262 g/mol. The Balaban J connectivity index is 2.44. The highest BCUT2D eigenvalue weighted by molar-refractivity contribution is 5.75. The predicted octanol–water partition coefficient (Wildman–Crippen LogP) is 0.558. The van der Waals surface area contributed by atoms with Crippen LogP contribution in [0.1, 0.15) is 19.5 Å². The maximum absolute atomic E-state index is 11.7. The van der Waals surface area contributed by atoms with Crippen molar-refractivity contribution in [3.05, 3.63) is 21.9 Å². The van der Waals surface area contributed by atoms with Crippen LogP contribution < -0.4 is 5.32 Å². The van der Waals surface area contributed by atoms with Crippen molar-refractivity contribution in [2.45, 2.75) is 27.3 Å². The highest BCUT2D eigenvalue weighted by Gasteiger charge is 2.17. The van der Waals surface area contributed by atoms with E-state index in [1.807, 2.05) is 0 Å². The fourth-order valence-electron chi connectivity index (χ4n) is 1.83. The number of nitrogens with zero attached hydrogens (tertiary/aromatic N) is 4. The minimum atomic E-state index is -0.568. The fourth-order valence-corrected chi connectivity index (χ4v) is 1.83. The molecule has 0 fully saturated rings. The van der Waals surface area contributed by atoms with E-state index in [1.54, 1.807) is 6.92 Å². The maximum atomic E-state index is 11.7. The lowest BCUT2D eigenvalue weighted by molar-refractivity contribution is -0.389. The van der Waals surface area contributed by atoms with Crippen LogP contribution in [0.3, 0.4) is 0 Å². The molecule has 0 atom stereocenters. The summed E-state index contributed by atoms with van der Waals surface area (Å²) in [5.41, 5.74) is 0.593. The van der Waals surface area contributed by atoms with E-state index in [0.717, 1.165) is 19.6 Å². The first-order valence-corrected chi connectivity index (χ1v) is 6.65. The van der Waals surface area contributed by atoms with Crippen molar-refractivity contribution < 1.29 is 9.72 Å². The summed E-state index contributed by atoms with van der Waals surface area (Å²) in [6.07, 6.45) is 0. The molecule has 0 bridgehead atoms. The van der Waals surface area contributed by atoms with Gasteiger partial charge in [0.15, 0.2) is 0 Å². The first-order chi connectivity index (χ1) is 9.47. The molecular formula is C12H21N5O3. The Morgan fingerprint density at radius 2 is 2.15 bits per heavy atom. The zero-order valence-corrected chi connectivity index (χ0v) is 12.1. The number of likely N-dealkylation sites (N-methyl/N-ethyl adjacent to an activating group) is 1. The number of aryl methyl sites for hydroxylation is 1. The van der Waals surface area contributed by atoms with Gasteiger partial charge in [0.05, 0.1) is 16.9 Å². The topological polar surface area (TPSA) is 93.3 Å². The molecule has 0 aliphatic rings. The highest BCUT2D eigenvalue weighted by Crippen LogP contribution is 2.10. The van der Waals surface area contributed by atoms with Crippen LogP contribution in [0, 0.1) is 17.0 Å². The Morgan fingerprint density at radius 1 is 1.50 bits per heavy atom. The van der Waals surface area contributed by atoms with Crippen LogP contribution in [0.15, 0.2) is 6.07 Å². The Morgan fingerprint density at radius 3 is 2.65 bits per heavy atom. The molecule has 112 valence electrons. The van der Waals surface area contributed by atoms with Crippen molar-refractivity contribution >= 4 is 11.7 Å². The fraction of sp³-hybridized carbons (Fsp3) is 0.667. The van der Waals surface area contributed by atoms with Gasteiger partial charge in [-0.05, 0) is 24.9 Å². The van der Waals surface area contributed by atoms with Gasteiger partial charge in [-0.2, -0.15) is 4.68 Å². The summed E-state index contributed by atoms with van der Waals surface area (Å²) in [6, 6.07) is 1.35. The lowest BCUT2D eigenvalue weighted by Gasteiger charge is -2.17. The third-order valence-electron chi connectivity index (χ3n) is 3.09. The number of aromatic nitrogens is 2. The van der Waals surface area contributed by atoms with Crippen molar-refractivity contribution in [1.82, 2.24) is 20.0 Å². The second-order valence-corrected chi connectivity index (χ2v) is 4.44. The lowest BCUT2D eigenvalue weighted by atomic mass is 10.4. The van der Waals surface area contributed by atoms with Gasteiger partial charge >= 0.3 is 5.82 Å². The van der Waals surface area contributed by atoms with Gasteiger partial charge in [0.25, 0.3) is 0 Å². The molecule has 1 heterocycles. The van der Waals surface area contributed by atoms with Gasteiger partial charge in [-0.15, -0.1) is 0 Å². The third-order valence-corrected chi connectivity index (χ3v) is 3.09. The average molecular weight is 283 g/mol. The van der Waals surface area contributed by atoms with Gasteiger partial charge in [0, 0.05) is 13.1 Å². The largest absolute Gasteiger partial charge is 0.390 e. The van der Waals surface area contributed by atoms with Crippen molar-refractivity contribution in [2.24, 2.45) is 0 Å². The summed E-state index contributed by atoms with van der Waals surface area (Å²) >= 11 is 0. The molecule has 0 radical (unpaired) electrons. The van der Waals surface area contributed by atoms with E-state index in [-0.39, 0.29) is 18.3 Å². The van der Waals surface area contributed by atoms with Gasteiger partial charge in [-0.25, -0.2) is 0 Å². The van der Waals surface area contributed by atoms with Crippen LogP contribution in [0.4, 0.5) is 5.82 Å². The van der Waals surface area contributed by atoms with Crippen LogP contribution in [0.25, 0.3) is 0 Å². The zero-order valence-electron chi connectivity index (χ0n) is 12.1. The van der Waals surface area contributed by atoms with Crippen LogP contribution in [0.2, 0.25) is 0 Å². The predicted molar refractivity (Wildman–Crippen MR) is 74.4 cm³/mol. The van der Waals surface area contributed by atoms with Crippen molar-refractivity contribution in [2.75, 3.05) is 26.2 Å². The quantitative estimate of drug-likeness (QED) is 0.555. The average Bonchev–Trinajstić information content (AvgIpc) is 2.76. The van der Waals surface area contributed by atoms with E-state index < -0.39 is 4.92 Å². The number of carbonyl (C=O) groups excluding carboxylic acids is 1. The summed E-state index contributed by atoms with van der Waals surface area (Å²) in [7, 11) is 0. The standard InChI is InChI=1S/C12H21N5O3/c1-4-15(5-2)7-6-13-12(18)9-16-10(3)8-11(14-16)17(19)20/h8H,4-7,9H2,1-3H3,(H,13,18). The summed E-state index contributed by atoms with van der Waals surface area (Å²) in [5, 5.41) is 17.1. The molecule has 1 amide bonds. The Bertz CT molecular complexity index is 468. The number of carbonyl (C=O) groups is 1. The van der Waals surface area contributed by atoms with E-state index in [1.165, 1.54) is 10.7 Å².